The first-order valence-corrected chi connectivity index (χ1v) is 5.97. The van der Waals surface area contributed by atoms with Crippen molar-refractivity contribution in [3.05, 3.63) is 65.5 Å². The molecule has 0 spiro atoms. The molecule has 0 saturated carbocycles. The lowest BCUT2D eigenvalue weighted by Crippen LogP contribution is -2.29. The largest absolute Gasteiger partial charge is 0.573 e. The summed E-state index contributed by atoms with van der Waals surface area (Å²) >= 11 is 0. The lowest BCUT2D eigenvalue weighted by Gasteiger charge is -2.18. The van der Waals surface area contributed by atoms with E-state index in [4.69, 9.17) is 5.84 Å². The van der Waals surface area contributed by atoms with Gasteiger partial charge in [0, 0.05) is 5.56 Å². The maximum atomic E-state index is 13.7. The predicted molar refractivity (Wildman–Crippen MR) is 68.7 cm³/mol. The summed E-state index contributed by atoms with van der Waals surface area (Å²) in [4.78, 5) is 0. The van der Waals surface area contributed by atoms with Crippen LogP contribution < -0.4 is 16.0 Å². The molecule has 0 aliphatic carbocycles. The summed E-state index contributed by atoms with van der Waals surface area (Å²) in [7, 11) is 0. The molecule has 21 heavy (non-hydrogen) atoms. The van der Waals surface area contributed by atoms with Gasteiger partial charge in [-0.25, -0.2) is 9.82 Å². The van der Waals surface area contributed by atoms with Crippen LogP contribution in [-0.2, 0) is 0 Å². The van der Waals surface area contributed by atoms with Gasteiger partial charge in [0.1, 0.15) is 11.6 Å². The van der Waals surface area contributed by atoms with Crippen molar-refractivity contribution >= 4 is 0 Å². The molecule has 0 radical (unpaired) electrons. The Morgan fingerprint density at radius 1 is 1.00 bits per heavy atom. The van der Waals surface area contributed by atoms with Crippen LogP contribution in [0, 0.1) is 5.82 Å². The van der Waals surface area contributed by atoms with Crippen molar-refractivity contribution in [3.8, 4) is 5.75 Å². The van der Waals surface area contributed by atoms with Gasteiger partial charge in [0.15, 0.2) is 0 Å². The number of hydrogen-bond acceptors (Lipinski definition) is 3. The topological polar surface area (TPSA) is 47.3 Å². The minimum atomic E-state index is -4.75. The van der Waals surface area contributed by atoms with Crippen LogP contribution in [0.2, 0.25) is 0 Å². The molecule has 7 heteroatoms. The standard InChI is InChI=1S/C14H12F4N2O/c15-12-4-2-1-3-11(12)13(20-19)9-5-7-10(8-6-9)21-14(16,17)18/h1-8,13,20H,19H2. The average molecular weight is 300 g/mol. The fraction of sp³-hybridized carbons (Fsp3) is 0.143. The van der Waals surface area contributed by atoms with Gasteiger partial charge in [-0.1, -0.05) is 30.3 Å². The van der Waals surface area contributed by atoms with Crippen LogP contribution in [0.25, 0.3) is 0 Å². The van der Waals surface area contributed by atoms with Crippen molar-refractivity contribution in [2.45, 2.75) is 12.4 Å². The van der Waals surface area contributed by atoms with E-state index in [9.17, 15) is 17.6 Å². The van der Waals surface area contributed by atoms with Crippen LogP contribution in [0.4, 0.5) is 17.6 Å². The molecule has 0 heterocycles. The highest BCUT2D eigenvalue weighted by Gasteiger charge is 2.31. The van der Waals surface area contributed by atoms with Crippen molar-refractivity contribution in [2.75, 3.05) is 0 Å². The number of ether oxygens (including phenoxy) is 1. The Morgan fingerprint density at radius 3 is 2.14 bits per heavy atom. The summed E-state index contributed by atoms with van der Waals surface area (Å²) in [6.45, 7) is 0. The Labute approximate surface area is 118 Å². The van der Waals surface area contributed by atoms with E-state index in [1.807, 2.05) is 0 Å². The van der Waals surface area contributed by atoms with E-state index in [0.29, 0.717) is 11.1 Å². The molecule has 2 aromatic rings. The van der Waals surface area contributed by atoms with Gasteiger partial charge in [0.05, 0.1) is 6.04 Å². The molecule has 3 nitrogen and oxygen atoms in total. The molecule has 0 bridgehead atoms. The first-order valence-electron chi connectivity index (χ1n) is 5.97. The normalized spacial score (nSPS) is 13.0. The Hall–Kier alpha value is -2.12. The van der Waals surface area contributed by atoms with Gasteiger partial charge >= 0.3 is 6.36 Å². The second-order valence-electron chi connectivity index (χ2n) is 4.24. The quantitative estimate of drug-likeness (QED) is 0.517. The summed E-state index contributed by atoms with van der Waals surface area (Å²) in [6.07, 6.45) is -4.75. The Morgan fingerprint density at radius 2 is 1.62 bits per heavy atom. The van der Waals surface area contributed by atoms with Crippen LogP contribution in [0.15, 0.2) is 48.5 Å². The minimum Gasteiger partial charge on any atom is -0.406 e. The first kappa shape index (κ1) is 15.3. The van der Waals surface area contributed by atoms with Crippen LogP contribution in [0.5, 0.6) is 5.75 Å². The summed E-state index contributed by atoms with van der Waals surface area (Å²) < 4.78 is 53.8. The van der Waals surface area contributed by atoms with Crippen LogP contribution in [0.1, 0.15) is 17.2 Å². The molecule has 0 saturated heterocycles. The minimum absolute atomic E-state index is 0.296. The number of nitrogens with two attached hydrogens (primary N) is 1. The number of hydrazine groups is 1. The summed E-state index contributed by atoms with van der Waals surface area (Å²) in [5.74, 6) is 4.60. The molecular formula is C14H12F4N2O. The van der Waals surface area contributed by atoms with Gasteiger partial charge in [-0.3, -0.25) is 5.84 Å². The second kappa shape index (κ2) is 6.11. The third-order valence-electron chi connectivity index (χ3n) is 2.83. The SMILES string of the molecule is NNC(c1ccc(OC(F)(F)F)cc1)c1ccccc1F. The highest BCUT2D eigenvalue weighted by Crippen LogP contribution is 2.27. The molecule has 0 aliphatic rings. The summed E-state index contributed by atoms with van der Waals surface area (Å²) in [6, 6.07) is 10.4. The Bertz CT molecular complexity index is 599. The van der Waals surface area contributed by atoms with E-state index in [1.54, 1.807) is 12.1 Å². The van der Waals surface area contributed by atoms with Crippen molar-refractivity contribution in [3.63, 3.8) is 0 Å². The van der Waals surface area contributed by atoms with Gasteiger partial charge in [0.2, 0.25) is 0 Å². The zero-order valence-electron chi connectivity index (χ0n) is 10.7. The molecule has 1 unspecified atom stereocenters. The predicted octanol–water partition coefficient (Wildman–Crippen LogP) is 3.28. The molecule has 0 aromatic heterocycles. The van der Waals surface area contributed by atoms with Crippen molar-refractivity contribution < 1.29 is 22.3 Å². The van der Waals surface area contributed by atoms with Gasteiger partial charge in [0.25, 0.3) is 0 Å². The fourth-order valence-electron chi connectivity index (χ4n) is 1.94. The number of benzene rings is 2. The van der Waals surface area contributed by atoms with Crippen molar-refractivity contribution in [1.82, 2.24) is 5.43 Å². The van der Waals surface area contributed by atoms with Crippen LogP contribution in [0.3, 0.4) is 0 Å². The molecule has 1 atom stereocenters. The van der Waals surface area contributed by atoms with E-state index in [1.165, 1.54) is 24.3 Å². The number of rotatable bonds is 4. The maximum Gasteiger partial charge on any atom is 0.573 e. The van der Waals surface area contributed by atoms with Gasteiger partial charge in [-0.15, -0.1) is 13.2 Å². The van der Waals surface area contributed by atoms with Crippen LogP contribution >= 0.6 is 0 Å². The smallest absolute Gasteiger partial charge is 0.406 e. The average Bonchev–Trinajstić information content (AvgIpc) is 2.42. The zero-order chi connectivity index (χ0) is 15.5. The second-order valence-corrected chi connectivity index (χ2v) is 4.24. The lowest BCUT2D eigenvalue weighted by molar-refractivity contribution is -0.274. The van der Waals surface area contributed by atoms with Crippen LogP contribution in [-0.4, -0.2) is 6.36 Å². The highest BCUT2D eigenvalue weighted by molar-refractivity contribution is 5.36. The summed E-state index contributed by atoms with van der Waals surface area (Å²) in [5.41, 5.74) is 3.25. The zero-order valence-corrected chi connectivity index (χ0v) is 10.7. The molecule has 2 aromatic carbocycles. The number of halogens is 4. The van der Waals surface area contributed by atoms with Gasteiger partial charge in [-0.2, -0.15) is 0 Å². The molecule has 112 valence electrons. The van der Waals surface area contributed by atoms with E-state index < -0.39 is 18.2 Å². The van der Waals surface area contributed by atoms with E-state index in [2.05, 4.69) is 10.2 Å². The number of nitrogens with one attached hydrogen (secondary N) is 1. The fourth-order valence-corrected chi connectivity index (χ4v) is 1.94. The third-order valence-corrected chi connectivity index (χ3v) is 2.83. The van der Waals surface area contributed by atoms with E-state index in [-0.39, 0.29) is 5.75 Å². The van der Waals surface area contributed by atoms with E-state index in [0.717, 1.165) is 12.1 Å². The van der Waals surface area contributed by atoms with E-state index >= 15 is 0 Å². The highest BCUT2D eigenvalue weighted by atomic mass is 19.4. The van der Waals surface area contributed by atoms with Gasteiger partial charge < -0.3 is 4.74 Å². The monoisotopic (exact) mass is 300 g/mol. The van der Waals surface area contributed by atoms with Crippen molar-refractivity contribution in [1.29, 1.82) is 0 Å². The molecule has 2 rings (SSSR count). The molecule has 0 amide bonds. The van der Waals surface area contributed by atoms with Crippen molar-refractivity contribution in [2.24, 2.45) is 5.84 Å². The van der Waals surface area contributed by atoms with Gasteiger partial charge in [-0.05, 0) is 23.8 Å². The molecule has 0 fully saturated rings. The molecular weight excluding hydrogens is 288 g/mol. The third kappa shape index (κ3) is 3.93. The first-order chi connectivity index (χ1) is 9.90. The molecule has 3 N–H and O–H groups in total. The Balaban J connectivity index is 2.26. The number of alkyl halides is 3. The number of hydrogen-bond donors (Lipinski definition) is 2. The molecule has 0 aliphatic heterocycles. The summed E-state index contributed by atoms with van der Waals surface area (Å²) in [5, 5.41) is 0. The Kier molecular flexibility index (Phi) is 4.44. The lowest BCUT2D eigenvalue weighted by atomic mass is 9.99. The maximum absolute atomic E-state index is 13.7.